The number of nitrogens with one attached hydrogen (secondary N) is 2. The summed E-state index contributed by atoms with van der Waals surface area (Å²) in [6.45, 7) is 4.83. The third kappa shape index (κ3) is 3.76. The van der Waals surface area contributed by atoms with Crippen LogP contribution in [-0.4, -0.2) is 25.2 Å². The summed E-state index contributed by atoms with van der Waals surface area (Å²) in [5.41, 5.74) is 0. The Labute approximate surface area is 94.2 Å². The van der Waals surface area contributed by atoms with Crippen LogP contribution in [0.25, 0.3) is 0 Å². The summed E-state index contributed by atoms with van der Waals surface area (Å²) in [6, 6.07) is 1.61. The van der Waals surface area contributed by atoms with Crippen molar-refractivity contribution in [3.8, 4) is 0 Å². The van der Waals surface area contributed by atoms with Crippen molar-refractivity contribution in [3.05, 3.63) is 0 Å². The number of hydrogen-bond acceptors (Lipinski definition) is 2. The molecule has 1 heterocycles. The zero-order chi connectivity index (χ0) is 10.5. The third-order valence-electron chi connectivity index (χ3n) is 4.07. The Kier molecular flexibility index (Phi) is 4.45. The second-order valence-corrected chi connectivity index (χ2v) is 5.50. The predicted octanol–water partition coefficient (Wildman–Crippen LogP) is 2.30. The molecule has 2 fully saturated rings. The van der Waals surface area contributed by atoms with Crippen molar-refractivity contribution in [1.82, 2.24) is 10.6 Å². The van der Waals surface area contributed by atoms with E-state index in [1.54, 1.807) is 0 Å². The van der Waals surface area contributed by atoms with Crippen molar-refractivity contribution in [3.63, 3.8) is 0 Å². The summed E-state index contributed by atoms with van der Waals surface area (Å²) in [6.07, 6.45) is 9.79. The van der Waals surface area contributed by atoms with E-state index in [9.17, 15) is 0 Å². The molecule has 1 saturated carbocycles. The van der Waals surface area contributed by atoms with Gasteiger partial charge in [-0.25, -0.2) is 0 Å². The van der Waals surface area contributed by atoms with Crippen LogP contribution in [0, 0.1) is 5.92 Å². The largest absolute Gasteiger partial charge is 0.317 e. The molecule has 0 aromatic carbocycles. The molecule has 15 heavy (non-hydrogen) atoms. The van der Waals surface area contributed by atoms with Crippen LogP contribution in [0.1, 0.15) is 51.9 Å². The Morgan fingerprint density at radius 2 is 1.60 bits per heavy atom. The minimum absolute atomic E-state index is 0.796. The Morgan fingerprint density at radius 3 is 2.40 bits per heavy atom. The van der Waals surface area contributed by atoms with Crippen LogP contribution in [0.5, 0.6) is 0 Å². The molecule has 1 aliphatic heterocycles. The maximum atomic E-state index is 3.88. The van der Waals surface area contributed by atoms with Gasteiger partial charge < -0.3 is 10.6 Å². The zero-order valence-corrected chi connectivity index (χ0v) is 10.1. The van der Waals surface area contributed by atoms with E-state index in [2.05, 4.69) is 17.6 Å². The monoisotopic (exact) mass is 210 g/mol. The molecule has 0 aromatic rings. The molecule has 2 unspecified atom stereocenters. The van der Waals surface area contributed by atoms with E-state index >= 15 is 0 Å². The number of piperidine rings is 1. The molecule has 2 nitrogen and oxygen atoms in total. The minimum atomic E-state index is 0.796. The fourth-order valence-corrected chi connectivity index (χ4v) is 2.98. The Balaban J connectivity index is 1.72. The van der Waals surface area contributed by atoms with Gasteiger partial charge in [0.1, 0.15) is 0 Å². The summed E-state index contributed by atoms with van der Waals surface area (Å²) in [4.78, 5) is 0. The van der Waals surface area contributed by atoms with Crippen LogP contribution in [0.15, 0.2) is 0 Å². The highest BCUT2D eigenvalue weighted by Gasteiger charge is 2.20. The van der Waals surface area contributed by atoms with Gasteiger partial charge in [0.15, 0.2) is 0 Å². The van der Waals surface area contributed by atoms with Gasteiger partial charge >= 0.3 is 0 Å². The van der Waals surface area contributed by atoms with Gasteiger partial charge in [0.25, 0.3) is 0 Å². The first-order chi connectivity index (χ1) is 7.34. The highest BCUT2D eigenvalue weighted by molar-refractivity contribution is 4.80. The lowest BCUT2D eigenvalue weighted by molar-refractivity contribution is 0.328. The fraction of sp³-hybridized carbons (Fsp3) is 1.00. The first-order valence-electron chi connectivity index (χ1n) is 6.81. The molecule has 2 rings (SSSR count). The summed E-state index contributed by atoms with van der Waals surface area (Å²) in [7, 11) is 0. The highest BCUT2D eigenvalue weighted by Crippen LogP contribution is 2.23. The molecule has 0 amide bonds. The van der Waals surface area contributed by atoms with E-state index in [-0.39, 0.29) is 0 Å². The zero-order valence-electron chi connectivity index (χ0n) is 10.1. The molecule has 88 valence electrons. The van der Waals surface area contributed by atoms with Gasteiger partial charge in [-0.05, 0) is 51.1 Å². The van der Waals surface area contributed by atoms with Gasteiger partial charge in [-0.1, -0.05) is 19.8 Å². The van der Waals surface area contributed by atoms with Crippen molar-refractivity contribution >= 4 is 0 Å². The average Bonchev–Trinajstić information content (AvgIpc) is 2.46. The molecule has 0 aromatic heterocycles. The topological polar surface area (TPSA) is 24.1 Å². The molecule has 1 saturated heterocycles. The van der Waals surface area contributed by atoms with E-state index < -0.39 is 0 Å². The van der Waals surface area contributed by atoms with Gasteiger partial charge in [0.2, 0.25) is 0 Å². The quantitative estimate of drug-likeness (QED) is 0.683. The van der Waals surface area contributed by atoms with Crippen LogP contribution >= 0.6 is 0 Å². The second kappa shape index (κ2) is 5.86. The first-order valence-corrected chi connectivity index (χ1v) is 6.81. The first kappa shape index (κ1) is 11.4. The summed E-state index contributed by atoms with van der Waals surface area (Å²) in [5.74, 6) is 0.963. The normalized spacial score (nSPS) is 35.0. The van der Waals surface area contributed by atoms with E-state index in [1.807, 2.05) is 0 Å². The summed E-state index contributed by atoms with van der Waals surface area (Å²) >= 11 is 0. The van der Waals surface area contributed by atoms with E-state index in [0.29, 0.717) is 0 Å². The lowest BCUT2D eigenvalue weighted by atomic mass is 10.0. The minimum Gasteiger partial charge on any atom is -0.317 e. The second-order valence-electron chi connectivity index (χ2n) is 5.50. The van der Waals surface area contributed by atoms with E-state index in [1.165, 1.54) is 58.0 Å². The molecule has 0 radical (unpaired) electrons. The van der Waals surface area contributed by atoms with Crippen LogP contribution in [-0.2, 0) is 0 Å². The maximum absolute atomic E-state index is 3.88. The highest BCUT2D eigenvalue weighted by atomic mass is 15.0. The maximum Gasteiger partial charge on any atom is 0.00938 e. The van der Waals surface area contributed by atoms with Crippen molar-refractivity contribution < 1.29 is 0 Å². The Hall–Kier alpha value is -0.0800. The van der Waals surface area contributed by atoms with Crippen molar-refractivity contribution in [1.29, 1.82) is 0 Å². The molecule has 0 spiro atoms. The van der Waals surface area contributed by atoms with Crippen LogP contribution in [0.4, 0.5) is 0 Å². The lowest BCUT2D eigenvalue weighted by Crippen LogP contribution is -2.44. The van der Waals surface area contributed by atoms with Gasteiger partial charge in [-0.2, -0.15) is 0 Å². The van der Waals surface area contributed by atoms with Gasteiger partial charge in [0.05, 0.1) is 0 Å². The SMILES string of the molecule is CC1CCCC(NC2CCNCC2)CC1. The Bertz CT molecular complexity index is 175. The molecule has 0 bridgehead atoms. The van der Waals surface area contributed by atoms with Crippen LogP contribution < -0.4 is 10.6 Å². The molecule has 2 atom stereocenters. The van der Waals surface area contributed by atoms with Gasteiger partial charge in [-0.15, -0.1) is 0 Å². The molecule has 2 heteroatoms. The molecular formula is C13H26N2. The lowest BCUT2D eigenvalue weighted by Gasteiger charge is -2.28. The van der Waals surface area contributed by atoms with Crippen molar-refractivity contribution in [2.75, 3.05) is 13.1 Å². The molecule has 2 aliphatic rings. The molecule has 2 N–H and O–H groups in total. The smallest absolute Gasteiger partial charge is 0.00938 e. The van der Waals surface area contributed by atoms with E-state index in [4.69, 9.17) is 0 Å². The standard InChI is InChI=1S/C13H26N2/c1-11-3-2-4-12(6-5-11)15-13-7-9-14-10-8-13/h11-15H,2-10H2,1H3. The fourth-order valence-electron chi connectivity index (χ4n) is 2.98. The molecular weight excluding hydrogens is 184 g/mol. The number of rotatable bonds is 2. The van der Waals surface area contributed by atoms with E-state index in [0.717, 1.165) is 18.0 Å². The van der Waals surface area contributed by atoms with Crippen LogP contribution in [0.3, 0.4) is 0 Å². The number of hydrogen-bond donors (Lipinski definition) is 2. The van der Waals surface area contributed by atoms with Crippen molar-refractivity contribution in [2.24, 2.45) is 5.92 Å². The van der Waals surface area contributed by atoms with Crippen molar-refractivity contribution in [2.45, 2.75) is 64.0 Å². The van der Waals surface area contributed by atoms with Gasteiger partial charge in [-0.3, -0.25) is 0 Å². The Morgan fingerprint density at radius 1 is 0.867 bits per heavy atom. The third-order valence-corrected chi connectivity index (χ3v) is 4.07. The summed E-state index contributed by atoms with van der Waals surface area (Å²) < 4.78 is 0. The van der Waals surface area contributed by atoms with Crippen LogP contribution in [0.2, 0.25) is 0 Å². The average molecular weight is 210 g/mol. The molecule has 1 aliphatic carbocycles. The summed E-state index contributed by atoms with van der Waals surface area (Å²) in [5, 5.41) is 7.31. The predicted molar refractivity (Wildman–Crippen MR) is 65.1 cm³/mol. The van der Waals surface area contributed by atoms with Gasteiger partial charge in [0, 0.05) is 12.1 Å².